The largest absolute Gasteiger partial charge is 0.471 e. The van der Waals surface area contributed by atoms with Crippen LogP contribution in [0.25, 0.3) is 11.4 Å². The second-order valence-electron chi connectivity index (χ2n) is 5.23. The number of nitrogens with two attached hydrogens (primary N) is 1. The lowest BCUT2D eigenvalue weighted by molar-refractivity contribution is -0.683. The highest BCUT2D eigenvalue weighted by atomic mass is 19.4. The van der Waals surface area contributed by atoms with Gasteiger partial charge in [-0.25, -0.2) is 0 Å². The van der Waals surface area contributed by atoms with Crippen LogP contribution >= 0.6 is 0 Å². The van der Waals surface area contributed by atoms with Gasteiger partial charge in [-0.3, -0.25) is 4.79 Å². The molecule has 0 aliphatic heterocycles. The Hall–Kier alpha value is -3.23. The van der Waals surface area contributed by atoms with Gasteiger partial charge in [-0.15, -0.1) is 0 Å². The first-order valence-corrected chi connectivity index (χ1v) is 7.12. The van der Waals surface area contributed by atoms with E-state index in [-0.39, 0.29) is 18.2 Å². The van der Waals surface area contributed by atoms with Crippen LogP contribution in [0.3, 0.4) is 0 Å². The van der Waals surface area contributed by atoms with Gasteiger partial charge >= 0.3 is 12.1 Å². The molecular weight excluding hydrogens is 337 g/mol. The highest BCUT2D eigenvalue weighted by Gasteiger charge is 2.38. The van der Waals surface area contributed by atoms with Crippen molar-refractivity contribution >= 4 is 11.5 Å². The Morgan fingerprint density at radius 1 is 1.12 bits per heavy atom. The van der Waals surface area contributed by atoms with Gasteiger partial charge < -0.3 is 10.3 Å². The fourth-order valence-corrected chi connectivity index (χ4v) is 2.09. The molecule has 3 rings (SSSR count). The molecule has 0 fully saturated rings. The van der Waals surface area contributed by atoms with Crippen LogP contribution in [-0.4, -0.2) is 15.9 Å². The van der Waals surface area contributed by atoms with E-state index >= 15 is 0 Å². The maximum Gasteiger partial charge on any atom is 0.471 e. The summed E-state index contributed by atoms with van der Waals surface area (Å²) in [6.07, 6.45) is -1.34. The fourth-order valence-electron chi connectivity index (χ4n) is 2.09. The van der Waals surface area contributed by atoms with Crippen LogP contribution in [0.15, 0.2) is 53.3 Å². The lowest BCUT2D eigenvalue weighted by atomic mass is 10.1. The number of Topliss-reactive ketones (excluding diaryl/α,β-unsaturated/α-hetero) is 1. The fraction of sp³-hybridized carbons (Fsp3) is 0.125. The topological polar surface area (TPSA) is 85.9 Å². The van der Waals surface area contributed by atoms with E-state index in [4.69, 9.17) is 5.73 Å². The number of ketones is 1. The molecule has 9 heteroatoms. The minimum atomic E-state index is -4.70. The molecule has 0 aliphatic carbocycles. The molecule has 2 N–H and O–H groups in total. The number of rotatable bonds is 4. The Kier molecular flexibility index (Phi) is 4.22. The number of pyridine rings is 1. The first kappa shape index (κ1) is 16.6. The molecule has 25 heavy (non-hydrogen) atoms. The standard InChI is InChI=1S/C16H11F3N4O2/c17-16(18,19)15-21-14(22-25-15)11-3-1-10(2-4-11)13(24)9-23-7-5-12(20)6-8-23/h1-8,20H,9H2/p+1. The molecule has 3 aromatic rings. The van der Waals surface area contributed by atoms with Crippen molar-refractivity contribution in [3.05, 3.63) is 60.2 Å². The van der Waals surface area contributed by atoms with Crippen molar-refractivity contribution in [1.82, 2.24) is 10.1 Å². The third-order valence-corrected chi connectivity index (χ3v) is 3.38. The lowest BCUT2D eigenvalue weighted by Gasteiger charge is -2.00. The van der Waals surface area contributed by atoms with Gasteiger partial charge in [0.15, 0.2) is 12.4 Å². The van der Waals surface area contributed by atoms with E-state index in [1.54, 1.807) is 29.1 Å². The van der Waals surface area contributed by atoms with E-state index in [2.05, 4.69) is 14.7 Å². The Bertz CT molecular complexity index is 887. The molecule has 0 spiro atoms. The maximum absolute atomic E-state index is 12.5. The summed E-state index contributed by atoms with van der Waals surface area (Å²) in [4.78, 5) is 15.5. The van der Waals surface area contributed by atoms with Crippen molar-refractivity contribution in [2.45, 2.75) is 12.7 Å². The Morgan fingerprint density at radius 3 is 2.32 bits per heavy atom. The molecular formula is C16H12F3N4O2+. The maximum atomic E-state index is 12.5. The second kappa shape index (κ2) is 6.34. The first-order valence-electron chi connectivity index (χ1n) is 7.12. The van der Waals surface area contributed by atoms with Crippen LogP contribution in [-0.2, 0) is 12.7 Å². The van der Waals surface area contributed by atoms with Crippen LogP contribution < -0.4 is 10.3 Å². The average Bonchev–Trinajstić information content (AvgIpc) is 3.07. The minimum absolute atomic E-state index is 0.111. The van der Waals surface area contributed by atoms with Gasteiger partial charge in [-0.05, 0) is 0 Å². The van der Waals surface area contributed by atoms with Gasteiger partial charge in [0.2, 0.25) is 18.2 Å². The normalized spacial score (nSPS) is 11.5. The summed E-state index contributed by atoms with van der Waals surface area (Å²) < 4.78 is 43.3. The predicted octanol–water partition coefficient (Wildman–Crippen LogP) is 2.51. The Morgan fingerprint density at radius 2 is 1.76 bits per heavy atom. The van der Waals surface area contributed by atoms with Crippen molar-refractivity contribution in [3.63, 3.8) is 0 Å². The second-order valence-corrected chi connectivity index (χ2v) is 5.23. The van der Waals surface area contributed by atoms with Crippen molar-refractivity contribution in [2.24, 2.45) is 0 Å². The number of anilines is 1. The van der Waals surface area contributed by atoms with Crippen LogP contribution in [0.4, 0.5) is 18.9 Å². The van der Waals surface area contributed by atoms with Crippen LogP contribution in [0.1, 0.15) is 16.2 Å². The number of nitrogens with zero attached hydrogens (tertiary/aromatic N) is 3. The summed E-state index contributed by atoms with van der Waals surface area (Å²) in [5, 5.41) is 3.30. The summed E-state index contributed by atoms with van der Waals surface area (Å²) in [6.45, 7) is 0.111. The van der Waals surface area contributed by atoms with Crippen molar-refractivity contribution in [3.8, 4) is 11.4 Å². The molecule has 0 saturated carbocycles. The summed E-state index contributed by atoms with van der Waals surface area (Å²) in [5.41, 5.74) is 6.90. The summed E-state index contributed by atoms with van der Waals surface area (Å²) in [7, 11) is 0. The number of carbonyl (C=O) groups excluding carboxylic acids is 1. The zero-order valence-corrected chi connectivity index (χ0v) is 12.7. The molecule has 1 aromatic carbocycles. The van der Waals surface area contributed by atoms with Gasteiger partial charge in [-0.1, -0.05) is 29.4 Å². The van der Waals surface area contributed by atoms with Gasteiger partial charge in [0.25, 0.3) is 0 Å². The zero-order chi connectivity index (χ0) is 18.0. The number of hydrogen-bond donors (Lipinski definition) is 1. The first-order chi connectivity index (χ1) is 11.8. The quantitative estimate of drug-likeness (QED) is 0.578. The average molecular weight is 349 g/mol. The van der Waals surface area contributed by atoms with E-state index in [1.807, 2.05) is 0 Å². The third kappa shape index (κ3) is 3.82. The Labute approximate surface area is 139 Å². The lowest BCUT2D eigenvalue weighted by Crippen LogP contribution is -2.37. The number of alkyl halides is 3. The molecule has 0 saturated heterocycles. The highest BCUT2D eigenvalue weighted by molar-refractivity contribution is 5.95. The van der Waals surface area contributed by atoms with Gasteiger partial charge in [0, 0.05) is 28.9 Å². The van der Waals surface area contributed by atoms with E-state index in [9.17, 15) is 18.0 Å². The van der Waals surface area contributed by atoms with E-state index < -0.39 is 12.1 Å². The predicted molar refractivity (Wildman–Crippen MR) is 80.1 cm³/mol. The van der Waals surface area contributed by atoms with E-state index in [0.29, 0.717) is 16.8 Å². The van der Waals surface area contributed by atoms with Crippen molar-refractivity contribution < 1.29 is 27.1 Å². The van der Waals surface area contributed by atoms with Crippen LogP contribution in [0, 0.1) is 0 Å². The molecule has 0 amide bonds. The Balaban J connectivity index is 1.74. The molecule has 6 nitrogen and oxygen atoms in total. The zero-order valence-electron chi connectivity index (χ0n) is 12.7. The van der Waals surface area contributed by atoms with Crippen molar-refractivity contribution in [1.29, 1.82) is 0 Å². The van der Waals surface area contributed by atoms with E-state index in [0.717, 1.165) is 0 Å². The van der Waals surface area contributed by atoms with Crippen LogP contribution in [0.2, 0.25) is 0 Å². The number of halogens is 3. The van der Waals surface area contributed by atoms with Gasteiger partial charge in [0.05, 0.1) is 0 Å². The monoisotopic (exact) mass is 349 g/mol. The van der Waals surface area contributed by atoms with Gasteiger partial charge in [-0.2, -0.15) is 22.7 Å². The minimum Gasteiger partial charge on any atom is -0.398 e. The molecule has 0 atom stereocenters. The number of aromatic nitrogens is 3. The van der Waals surface area contributed by atoms with Crippen LogP contribution in [0.5, 0.6) is 0 Å². The number of benzene rings is 1. The smallest absolute Gasteiger partial charge is 0.398 e. The molecule has 0 radical (unpaired) electrons. The molecule has 2 aromatic heterocycles. The number of hydrogen-bond acceptors (Lipinski definition) is 5. The van der Waals surface area contributed by atoms with Crippen molar-refractivity contribution in [2.75, 3.05) is 5.73 Å². The summed E-state index contributed by atoms with van der Waals surface area (Å²) in [5.74, 6) is -1.77. The molecule has 0 aliphatic rings. The SMILES string of the molecule is Nc1cc[n+](CC(=O)c2ccc(-c3noc(C(F)(F)F)n3)cc2)cc1. The molecule has 0 bridgehead atoms. The summed E-state index contributed by atoms with van der Waals surface area (Å²) >= 11 is 0. The molecule has 0 unspecified atom stereocenters. The number of carbonyl (C=O) groups is 1. The number of nitrogen functional groups attached to an aromatic ring is 1. The molecule has 128 valence electrons. The van der Waals surface area contributed by atoms with Gasteiger partial charge in [0.1, 0.15) is 0 Å². The molecule has 2 heterocycles. The highest BCUT2D eigenvalue weighted by Crippen LogP contribution is 2.29. The summed E-state index contributed by atoms with van der Waals surface area (Å²) in [6, 6.07) is 9.27. The van der Waals surface area contributed by atoms with E-state index in [1.165, 1.54) is 24.3 Å². The third-order valence-electron chi connectivity index (χ3n) is 3.38.